The topological polar surface area (TPSA) is 81.1 Å². The number of ether oxygens (including phenoxy) is 1. The zero-order valence-electron chi connectivity index (χ0n) is 17.8. The van der Waals surface area contributed by atoms with Gasteiger partial charge in [-0.05, 0) is 59.7 Å². The second kappa shape index (κ2) is 10.6. The molecule has 1 heterocycles. The number of hydrogen-bond donors (Lipinski definition) is 2. The molecule has 0 radical (unpaired) electrons. The summed E-state index contributed by atoms with van der Waals surface area (Å²) in [7, 11) is 1.59. The summed E-state index contributed by atoms with van der Waals surface area (Å²) in [6, 6.07) is 22.8. The average molecular weight is 571 g/mol. The predicted octanol–water partition coefficient (Wildman–Crippen LogP) is 5.72. The summed E-state index contributed by atoms with van der Waals surface area (Å²) in [5, 5.41) is 10.8. The average Bonchev–Trinajstić information content (AvgIpc) is 3.26. The molecule has 33 heavy (non-hydrogen) atoms. The number of rotatable bonds is 8. The summed E-state index contributed by atoms with van der Waals surface area (Å²) in [6.07, 6.45) is 0. The molecule has 0 aliphatic rings. The Bertz CT molecular complexity index is 1220. The predicted molar refractivity (Wildman–Crippen MR) is 136 cm³/mol. The van der Waals surface area contributed by atoms with E-state index in [-0.39, 0.29) is 5.91 Å². The summed E-state index contributed by atoms with van der Waals surface area (Å²) in [6.45, 7) is 1.02. The lowest BCUT2D eigenvalue weighted by Gasteiger charge is -2.08. The van der Waals surface area contributed by atoms with Crippen LogP contribution < -0.4 is 15.4 Å². The number of nitrogens with one attached hydrogen (secondary N) is 2. The summed E-state index contributed by atoms with van der Waals surface area (Å²) in [5.74, 6) is 1.10. The van der Waals surface area contributed by atoms with Gasteiger partial charge >= 0.3 is 0 Å². The van der Waals surface area contributed by atoms with Gasteiger partial charge in [0.2, 0.25) is 11.9 Å². The van der Waals surface area contributed by atoms with Crippen molar-refractivity contribution in [3.8, 4) is 5.75 Å². The quantitative estimate of drug-likeness (QED) is 0.282. The number of anilines is 2. The highest BCUT2D eigenvalue weighted by Crippen LogP contribution is 2.18. The van der Waals surface area contributed by atoms with Crippen LogP contribution in [0.25, 0.3) is 0 Å². The second-order valence-electron chi connectivity index (χ2n) is 7.16. The Hall–Kier alpha value is -3.17. The van der Waals surface area contributed by atoms with Crippen molar-refractivity contribution in [2.24, 2.45) is 0 Å². The lowest BCUT2D eigenvalue weighted by atomic mass is 10.2. The molecule has 0 aliphatic carbocycles. The first kappa shape index (κ1) is 23.0. The monoisotopic (exact) mass is 569 g/mol. The molecule has 0 unspecified atom stereocenters. The van der Waals surface area contributed by atoms with Gasteiger partial charge in [-0.1, -0.05) is 56.1 Å². The number of halogens is 2. The zero-order chi connectivity index (χ0) is 23.2. The number of hydrogen-bond acceptors (Lipinski definition) is 6. The number of benzene rings is 3. The zero-order valence-corrected chi connectivity index (χ0v) is 20.9. The Morgan fingerprint density at radius 1 is 0.848 bits per heavy atom. The molecule has 168 valence electrons. The molecule has 0 bridgehead atoms. The highest BCUT2D eigenvalue weighted by Gasteiger charge is 2.18. The second-order valence-corrected chi connectivity index (χ2v) is 9.00. The van der Waals surface area contributed by atoms with E-state index in [1.807, 2.05) is 48.5 Å². The maximum atomic E-state index is 13.2. The minimum absolute atomic E-state index is 0.292. The Kier molecular flexibility index (Phi) is 7.41. The van der Waals surface area contributed by atoms with Crippen LogP contribution in [0.15, 0.2) is 81.7 Å². The molecule has 1 aromatic heterocycles. The molecule has 4 aromatic rings. The molecular formula is C24H21Br2N5O2. The van der Waals surface area contributed by atoms with Crippen LogP contribution in [-0.4, -0.2) is 27.8 Å². The SMILES string of the molecule is COc1ccc(C(=O)n2nc(NCc3ccc(Br)cc3)nc2NCc2ccc(Br)cc2)cc1. The van der Waals surface area contributed by atoms with Crippen molar-refractivity contribution in [3.05, 3.63) is 98.4 Å². The van der Waals surface area contributed by atoms with Gasteiger partial charge in [0.15, 0.2) is 0 Å². The van der Waals surface area contributed by atoms with Crippen molar-refractivity contribution >= 4 is 49.7 Å². The standard InChI is InChI=1S/C24H21Br2N5O2/c1-33-21-12-6-18(7-13-21)22(32)31-24(28-15-17-4-10-20(26)11-5-17)29-23(30-31)27-14-16-2-8-19(25)9-3-16/h2-13H,14-15H2,1H3,(H2,27,28,29,30). The van der Waals surface area contributed by atoms with Crippen molar-refractivity contribution in [1.29, 1.82) is 0 Å². The van der Waals surface area contributed by atoms with Crippen LogP contribution >= 0.6 is 31.9 Å². The van der Waals surface area contributed by atoms with E-state index < -0.39 is 0 Å². The molecule has 9 heteroatoms. The van der Waals surface area contributed by atoms with Crippen LogP contribution in [0, 0.1) is 0 Å². The molecular weight excluding hydrogens is 550 g/mol. The minimum atomic E-state index is -0.292. The van der Waals surface area contributed by atoms with Crippen molar-refractivity contribution in [1.82, 2.24) is 14.8 Å². The van der Waals surface area contributed by atoms with Crippen LogP contribution in [-0.2, 0) is 13.1 Å². The molecule has 0 aliphatic heterocycles. The van der Waals surface area contributed by atoms with Gasteiger partial charge < -0.3 is 15.4 Å². The van der Waals surface area contributed by atoms with Gasteiger partial charge in [-0.3, -0.25) is 4.79 Å². The molecule has 0 spiro atoms. The largest absolute Gasteiger partial charge is 0.497 e. The number of carbonyl (C=O) groups excluding carboxylic acids is 1. The van der Waals surface area contributed by atoms with Gasteiger partial charge in [0.1, 0.15) is 5.75 Å². The number of carbonyl (C=O) groups is 1. The van der Waals surface area contributed by atoms with Gasteiger partial charge in [-0.25, -0.2) is 0 Å². The molecule has 0 saturated heterocycles. The van der Waals surface area contributed by atoms with E-state index in [0.717, 1.165) is 20.1 Å². The normalized spacial score (nSPS) is 10.6. The number of aromatic nitrogens is 3. The molecule has 0 saturated carbocycles. The highest BCUT2D eigenvalue weighted by atomic mass is 79.9. The summed E-state index contributed by atoms with van der Waals surface area (Å²) in [5.41, 5.74) is 2.60. The third kappa shape index (κ3) is 6.00. The number of nitrogens with zero attached hydrogens (tertiary/aromatic N) is 3. The Labute approximate surface area is 208 Å². The van der Waals surface area contributed by atoms with E-state index in [4.69, 9.17) is 4.74 Å². The summed E-state index contributed by atoms with van der Waals surface area (Å²) in [4.78, 5) is 17.7. The first-order valence-corrected chi connectivity index (χ1v) is 11.7. The maximum absolute atomic E-state index is 13.2. The maximum Gasteiger partial charge on any atom is 0.281 e. The van der Waals surface area contributed by atoms with Crippen molar-refractivity contribution in [2.45, 2.75) is 13.1 Å². The first-order chi connectivity index (χ1) is 16.0. The van der Waals surface area contributed by atoms with E-state index in [0.29, 0.717) is 36.3 Å². The smallest absolute Gasteiger partial charge is 0.281 e. The van der Waals surface area contributed by atoms with Crippen molar-refractivity contribution < 1.29 is 9.53 Å². The lowest BCUT2D eigenvalue weighted by molar-refractivity contribution is 0.0947. The fraction of sp³-hybridized carbons (Fsp3) is 0.125. The first-order valence-electron chi connectivity index (χ1n) is 10.1. The molecule has 7 nitrogen and oxygen atoms in total. The Morgan fingerprint density at radius 3 is 1.94 bits per heavy atom. The summed E-state index contributed by atoms with van der Waals surface area (Å²) < 4.78 is 8.48. The molecule has 4 rings (SSSR count). The van der Waals surface area contributed by atoms with E-state index in [9.17, 15) is 4.79 Å². The van der Waals surface area contributed by atoms with E-state index >= 15 is 0 Å². The van der Waals surface area contributed by atoms with Gasteiger partial charge in [-0.2, -0.15) is 9.67 Å². The van der Waals surface area contributed by atoms with Crippen molar-refractivity contribution in [2.75, 3.05) is 17.7 Å². The molecule has 0 atom stereocenters. The van der Waals surface area contributed by atoms with Crippen LogP contribution in [0.3, 0.4) is 0 Å². The molecule has 0 amide bonds. The van der Waals surface area contributed by atoms with Crippen LogP contribution in [0.2, 0.25) is 0 Å². The van der Waals surface area contributed by atoms with Crippen LogP contribution in [0.1, 0.15) is 21.5 Å². The van der Waals surface area contributed by atoms with Gasteiger partial charge in [0.05, 0.1) is 7.11 Å². The molecule has 2 N–H and O–H groups in total. The third-order valence-electron chi connectivity index (χ3n) is 4.86. The van der Waals surface area contributed by atoms with Crippen LogP contribution in [0.4, 0.5) is 11.9 Å². The van der Waals surface area contributed by atoms with Crippen LogP contribution in [0.5, 0.6) is 5.75 Å². The van der Waals surface area contributed by atoms with E-state index in [1.165, 1.54) is 4.68 Å². The minimum Gasteiger partial charge on any atom is -0.497 e. The lowest BCUT2D eigenvalue weighted by Crippen LogP contribution is -2.17. The van der Waals surface area contributed by atoms with Crippen molar-refractivity contribution in [3.63, 3.8) is 0 Å². The van der Waals surface area contributed by atoms with Gasteiger partial charge in [0, 0.05) is 27.6 Å². The van der Waals surface area contributed by atoms with E-state index in [2.05, 4.69) is 52.6 Å². The van der Waals surface area contributed by atoms with Gasteiger partial charge in [-0.15, -0.1) is 5.10 Å². The Balaban J connectivity index is 1.56. The molecule has 0 fully saturated rings. The third-order valence-corrected chi connectivity index (χ3v) is 5.92. The summed E-state index contributed by atoms with van der Waals surface area (Å²) >= 11 is 6.88. The highest BCUT2D eigenvalue weighted by molar-refractivity contribution is 9.10. The fourth-order valence-electron chi connectivity index (χ4n) is 3.07. The number of methoxy groups -OCH3 is 1. The van der Waals surface area contributed by atoms with Gasteiger partial charge in [0.25, 0.3) is 5.91 Å². The molecule has 3 aromatic carbocycles. The van der Waals surface area contributed by atoms with E-state index in [1.54, 1.807) is 31.4 Å². The Morgan fingerprint density at radius 2 is 1.39 bits per heavy atom. The fourth-order valence-corrected chi connectivity index (χ4v) is 3.59.